The zero-order valence-electron chi connectivity index (χ0n) is 56.6. The molecule has 0 aromatic heterocycles. The van der Waals surface area contributed by atoms with Crippen LogP contribution in [0.4, 0.5) is 0 Å². The maximum Gasteiger partial charge on any atom is 0.472 e. The van der Waals surface area contributed by atoms with Crippen LogP contribution in [0.15, 0.2) is 0 Å². The minimum atomic E-state index is -4.95. The number of esters is 4. The molecule has 19 heteroatoms. The molecular formula is C68H132O17P2. The molecule has 0 heterocycles. The summed E-state index contributed by atoms with van der Waals surface area (Å²) in [7, 11) is -9.90. The number of phosphoric ester groups is 2. The van der Waals surface area contributed by atoms with Crippen LogP contribution in [0.25, 0.3) is 0 Å². The lowest BCUT2D eigenvalue weighted by Crippen LogP contribution is -2.30. The van der Waals surface area contributed by atoms with E-state index in [0.717, 1.165) is 120 Å². The summed E-state index contributed by atoms with van der Waals surface area (Å²) >= 11 is 0. The average molecular weight is 1280 g/mol. The van der Waals surface area contributed by atoms with E-state index in [1.54, 1.807) is 0 Å². The summed E-state index contributed by atoms with van der Waals surface area (Å²) in [6.45, 7) is 14.0. The highest BCUT2D eigenvalue weighted by Gasteiger charge is 2.30. The van der Waals surface area contributed by atoms with E-state index >= 15 is 0 Å². The summed E-state index contributed by atoms with van der Waals surface area (Å²) in [4.78, 5) is 72.4. The number of hydrogen-bond donors (Lipinski definition) is 3. The molecule has 516 valence electrons. The van der Waals surface area contributed by atoms with E-state index in [4.69, 9.17) is 37.0 Å². The van der Waals surface area contributed by atoms with Crippen molar-refractivity contribution in [2.45, 2.75) is 350 Å². The van der Waals surface area contributed by atoms with E-state index in [1.165, 1.54) is 122 Å². The summed E-state index contributed by atoms with van der Waals surface area (Å²) in [5.41, 5.74) is 0. The number of carbonyl (C=O) groups excluding carboxylic acids is 4. The Hall–Kier alpha value is -1.94. The van der Waals surface area contributed by atoms with E-state index in [2.05, 4.69) is 55.4 Å². The molecule has 0 radical (unpaired) electrons. The van der Waals surface area contributed by atoms with E-state index < -0.39 is 97.5 Å². The van der Waals surface area contributed by atoms with Crippen LogP contribution < -0.4 is 0 Å². The molecular weight excluding hydrogens is 1150 g/mol. The quantitative estimate of drug-likeness (QED) is 0.0222. The Bertz CT molecular complexity index is 1730. The van der Waals surface area contributed by atoms with Gasteiger partial charge in [-0.15, -0.1) is 0 Å². The van der Waals surface area contributed by atoms with E-state index in [1.807, 2.05) is 0 Å². The van der Waals surface area contributed by atoms with E-state index in [9.17, 15) is 43.2 Å². The third-order valence-electron chi connectivity index (χ3n) is 15.9. The second-order valence-corrected chi connectivity index (χ2v) is 29.1. The van der Waals surface area contributed by atoms with Gasteiger partial charge < -0.3 is 33.8 Å². The molecule has 0 aliphatic rings. The maximum atomic E-state index is 13.0. The Balaban J connectivity index is 5.24. The van der Waals surface area contributed by atoms with Crippen molar-refractivity contribution in [3.8, 4) is 0 Å². The number of aliphatic hydroxyl groups is 1. The van der Waals surface area contributed by atoms with Crippen LogP contribution in [-0.4, -0.2) is 96.7 Å². The van der Waals surface area contributed by atoms with Gasteiger partial charge in [-0.05, 0) is 49.4 Å². The molecule has 3 unspecified atom stereocenters. The Morgan fingerprint density at radius 3 is 0.816 bits per heavy atom. The van der Waals surface area contributed by atoms with Gasteiger partial charge in [0.15, 0.2) is 12.2 Å². The molecule has 0 bridgehead atoms. The molecule has 0 saturated carbocycles. The van der Waals surface area contributed by atoms with Crippen LogP contribution >= 0.6 is 15.6 Å². The molecule has 0 fully saturated rings. The van der Waals surface area contributed by atoms with Gasteiger partial charge in [-0.25, -0.2) is 9.13 Å². The van der Waals surface area contributed by atoms with E-state index in [-0.39, 0.29) is 25.7 Å². The minimum Gasteiger partial charge on any atom is -0.462 e. The SMILES string of the molecule is CCC(C)CCCCCCCCC(=O)OC[C@H](COP(=O)(O)OC[C@@H](O)COP(=O)(O)OC[C@@H](COC(=O)CCCCCCCCC(C)C)OC(=O)CCCCCCCCCCCCCCC(C)C)OC(=O)CCCCCCCCCCCCC(C)C. The first-order valence-corrected chi connectivity index (χ1v) is 38.2. The Morgan fingerprint density at radius 2 is 0.552 bits per heavy atom. The van der Waals surface area contributed by atoms with Gasteiger partial charge in [0.1, 0.15) is 19.3 Å². The van der Waals surface area contributed by atoms with Gasteiger partial charge in [-0.3, -0.25) is 37.3 Å². The molecule has 0 rings (SSSR count). The van der Waals surface area contributed by atoms with Crippen LogP contribution in [-0.2, 0) is 65.4 Å². The Kier molecular flexibility index (Phi) is 56.6. The molecule has 17 nitrogen and oxygen atoms in total. The van der Waals surface area contributed by atoms with E-state index in [0.29, 0.717) is 31.6 Å². The van der Waals surface area contributed by atoms with Crippen molar-refractivity contribution in [2.75, 3.05) is 39.6 Å². The predicted octanol–water partition coefficient (Wildman–Crippen LogP) is 18.9. The largest absolute Gasteiger partial charge is 0.472 e. The van der Waals surface area contributed by atoms with Crippen LogP contribution in [0.1, 0.15) is 331 Å². The third kappa shape index (κ3) is 61.3. The van der Waals surface area contributed by atoms with Crippen LogP contribution in [0.2, 0.25) is 0 Å². The molecule has 87 heavy (non-hydrogen) atoms. The van der Waals surface area contributed by atoms with Gasteiger partial charge in [0.25, 0.3) is 0 Å². The molecule has 3 N–H and O–H groups in total. The summed E-state index contributed by atoms with van der Waals surface area (Å²) in [6, 6.07) is 0. The second kappa shape index (κ2) is 57.9. The summed E-state index contributed by atoms with van der Waals surface area (Å²) in [5, 5.41) is 10.6. The number of phosphoric acid groups is 2. The smallest absolute Gasteiger partial charge is 0.462 e. The first-order valence-electron chi connectivity index (χ1n) is 35.2. The van der Waals surface area contributed by atoms with Gasteiger partial charge in [0.2, 0.25) is 0 Å². The van der Waals surface area contributed by atoms with Gasteiger partial charge in [0.05, 0.1) is 26.4 Å². The van der Waals surface area contributed by atoms with Crippen molar-refractivity contribution in [3.63, 3.8) is 0 Å². The molecule has 0 aromatic carbocycles. The highest BCUT2D eigenvalue weighted by molar-refractivity contribution is 7.47. The van der Waals surface area contributed by atoms with Crippen molar-refractivity contribution in [2.24, 2.45) is 23.7 Å². The van der Waals surface area contributed by atoms with Crippen molar-refractivity contribution < 1.29 is 80.2 Å². The van der Waals surface area contributed by atoms with Crippen LogP contribution in [0, 0.1) is 23.7 Å². The lowest BCUT2D eigenvalue weighted by Gasteiger charge is -2.21. The van der Waals surface area contributed by atoms with Gasteiger partial charge >= 0.3 is 39.5 Å². The number of unbranched alkanes of at least 4 members (excludes halogenated alkanes) is 30. The van der Waals surface area contributed by atoms with Gasteiger partial charge in [-0.1, -0.05) is 280 Å². The topological polar surface area (TPSA) is 237 Å². The van der Waals surface area contributed by atoms with Gasteiger partial charge in [0, 0.05) is 25.7 Å². The first kappa shape index (κ1) is 85.1. The fourth-order valence-corrected chi connectivity index (χ4v) is 11.7. The van der Waals surface area contributed by atoms with Crippen molar-refractivity contribution >= 4 is 39.5 Å². The molecule has 0 aromatic rings. The zero-order valence-corrected chi connectivity index (χ0v) is 58.4. The fourth-order valence-electron chi connectivity index (χ4n) is 10.1. The van der Waals surface area contributed by atoms with Crippen molar-refractivity contribution in [1.82, 2.24) is 0 Å². The monoisotopic (exact) mass is 1280 g/mol. The standard InChI is InChI=1S/C68H132O17P2/c1-9-61(8)47-39-31-25-27-33-41-49-66(71)79-55-64(85-68(73)51-43-35-23-19-15-14-17-21-29-37-45-59(4)5)57-83-87(76,77)81-53-62(69)52-80-86(74,75)82-56-63(54-78-65(70)48-40-32-26-24-30-38-46-60(6)7)84-67(72)50-42-34-22-18-13-11-10-12-16-20-28-36-44-58(2)3/h58-64,69H,9-57H2,1-8H3,(H,74,75)(H,76,77)/t61?,62-,63+,64+/m0/s1. The lowest BCUT2D eigenvalue weighted by molar-refractivity contribution is -0.161. The second-order valence-electron chi connectivity index (χ2n) is 26.2. The lowest BCUT2D eigenvalue weighted by atomic mass is 10.00. The van der Waals surface area contributed by atoms with Crippen LogP contribution in [0.3, 0.4) is 0 Å². The summed E-state index contributed by atoms with van der Waals surface area (Å²) in [5.74, 6) is 0.804. The number of ether oxygens (including phenoxy) is 4. The normalized spacial score (nSPS) is 14.6. The molecule has 0 saturated heterocycles. The van der Waals surface area contributed by atoms with Crippen molar-refractivity contribution in [3.05, 3.63) is 0 Å². The highest BCUT2D eigenvalue weighted by atomic mass is 31.2. The molecule has 0 amide bonds. The molecule has 0 spiro atoms. The summed E-state index contributed by atoms with van der Waals surface area (Å²) in [6.07, 6.45) is 39.1. The zero-order chi connectivity index (χ0) is 64.7. The first-order chi connectivity index (χ1) is 41.6. The predicted molar refractivity (Wildman–Crippen MR) is 349 cm³/mol. The number of hydrogen-bond acceptors (Lipinski definition) is 15. The van der Waals surface area contributed by atoms with Crippen LogP contribution in [0.5, 0.6) is 0 Å². The molecule has 0 aliphatic heterocycles. The summed E-state index contributed by atoms with van der Waals surface area (Å²) < 4.78 is 68.2. The molecule has 6 atom stereocenters. The Morgan fingerprint density at radius 1 is 0.322 bits per heavy atom. The molecule has 0 aliphatic carbocycles. The van der Waals surface area contributed by atoms with Crippen molar-refractivity contribution in [1.29, 1.82) is 0 Å². The minimum absolute atomic E-state index is 0.104. The average Bonchev–Trinajstić information content (AvgIpc) is 3.69. The highest BCUT2D eigenvalue weighted by Crippen LogP contribution is 2.45. The Labute approximate surface area is 530 Å². The number of rotatable bonds is 65. The third-order valence-corrected chi connectivity index (χ3v) is 17.8. The fraction of sp³-hybridized carbons (Fsp3) is 0.941. The number of carbonyl (C=O) groups is 4. The van der Waals surface area contributed by atoms with Gasteiger partial charge in [-0.2, -0.15) is 0 Å². The maximum absolute atomic E-state index is 13.0. The number of aliphatic hydroxyl groups excluding tert-OH is 1.